The zero-order chi connectivity index (χ0) is 25.5. The summed E-state index contributed by atoms with van der Waals surface area (Å²) in [4.78, 5) is 28.8. The van der Waals surface area contributed by atoms with Crippen LogP contribution in [-0.2, 0) is 15.0 Å². The zero-order valence-corrected chi connectivity index (χ0v) is 21.7. The molecule has 1 aliphatic heterocycles. The van der Waals surface area contributed by atoms with Crippen molar-refractivity contribution in [1.82, 2.24) is 0 Å². The van der Waals surface area contributed by atoms with E-state index < -0.39 is 0 Å². The van der Waals surface area contributed by atoms with Crippen LogP contribution in [-0.4, -0.2) is 11.8 Å². The van der Waals surface area contributed by atoms with Gasteiger partial charge in [0.2, 0.25) is 0 Å². The molecule has 1 heterocycles. The molecule has 4 heteroatoms. The molecular weight excluding hydrogens is 432 g/mol. The number of aryl methyl sites for hydroxylation is 2. The van der Waals surface area contributed by atoms with E-state index in [-0.39, 0.29) is 17.2 Å². The van der Waals surface area contributed by atoms with Gasteiger partial charge in [0, 0.05) is 5.69 Å². The van der Waals surface area contributed by atoms with Gasteiger partial charge in [0.1, 0.15) is 5.70 Å². The molecule has 0 bridgehead atoms. The molecule has 0 fully saturated rings. The van der Waals surface area contributed by atoms with E-state index in [1.807, 2.05) is 68.4 Å². The van der Waals surface area contributed by atoms with Crippen LogP contribution in [0.4, 0.5) is 11.4 Å². The van der Waals surface area contributed by atoms with E-state index in [0.29, 0.717) is 22.9 Å². The number of hydrogen-bond donors (Lipinski definition) is 1. The van der Waals surface area contributed by atoms with E-state index in [2.05, 4.69) is 52.1 Å². The molecule has 0 aromatic heterocycles. The Balaban J connectivity index is 1.78. The number of hydrogen-bond acceptors (Lipinski definition) is 3. The topological polar surface area (TPSA) is 49.4 Å². The van der Waals surface area contributed by atoms with Gasteiger partial charge in [-0.1, -0.05) is 82.6 Å². The fraction of sp³-hybridized carbons (Fsp3) is 0.290. The van der Waals surface area contributed by atoms with Crippen molar-refractivity contribution >= 4 is 28.8 Å². The van der Waals surface area contributed by atoms with E-state index in [9.17, 15) is 9.59 Å². The molecule has 0 saturated carbocycles. The second-order valence-electron chi connectivity index (χ2n) is 10.7. The van der Waals surface area contributed by atoms with Crippen LogP contribution in [0.25, 0.3) is 5.57 Å². The van der Waals surface area contributed by atoms with Crippen molar-refractivity contribution in [2.75, 3.05) is 10.2 Å². The van der Waals surface area contributed by atoms with Crippen LogP contribution in [0.2, 0.25) is 0 Å². The molecule has 3 aromatic rings. The molecule has 0 unspecified atom stereocenters. The SMILES string of the molecule is Cc1ccc(C2=C(Nc3ccc(C(C)(C)C)cc3)C(=O)N(c3ccc(C(C)C)cc3)C2=O)c(C)c1. The summed E-state index contributed by atoms with van der Waals surface area (Å²) >= 11 is 0. The van der Waals surface area contributed by atoms with Crippen molar-refractivity contribution in [2.45, 2.75) is 59.8 Å². The molecule has 1 aliphatic rings. The Hall–Kier alpha value is -3.66. The molecular formula is C31H34N2O2. The van der Waals surface area contributed by atoms with Crippen LogP contribution in [0.15, 0.2) is 72.4 Å². The number of carbonyl (C=O) groups excluding carboxylic acids is 2. The summed E-state index contributed by atoms with van der Waals surface area (Å²) in [6.07, 6.45) is 0. The molecule has 0 saturated heterocycles. The number of imide groups is 1. The molecule has 0 spiro atoms. The highest BCUT2D eigenvalue weighted by Gasteiger charge is 2.40. The molecule has 0 atom stereocenters. The maximum absolute atomic E-state index is 13.8. The molecule has 2 amide bonds. The van der Waals surface area contributed by atoms with Gasteiger partial charge >= 0.3 is 0 Å². The Morgan fingerprint density at radius 3 is 1.97 bits per heavy atom. The number of anilines is 2. The monoisotopic (exact) mass is 466 g/mol. The number of carbonyl (C=O) groups is 2. The van der Waals surface area contributed by atoms with Gasteiger partial charge in [-0.25, -0.2) is 4.90 Å². The first kappa shape index (κ1) is 24.5. The maximum atomic E-state index is 13.8. The smallest absolute Gasteiger partial charge is 0.282 e. The Morgan fingerprint density at radius 2 is 1.43 bits per heavy atom. The van der Waals surface area contributed by atoms with E-state index in [1.54, 1.807) is 0 Å². The number of benzene rings is 3. The van der Waals surface area contributed by atoms with E-state index in [0.717, 1.165) is 27.9 Å². The number of rotatable bonds is 5. The normalized spacial score (nSPS) is 14.3. The van der Waals surface area contributed by atoms with Crippen molar-refractivity contribution < 1.29 is 9.59 Å². The second-order valence-corrected chi connectivity index (χ2v) is 10.7. The highest BCUT2D eigenvalue weighted by Crippen LogP contribution is 2.36. The third-order valence-electron chi connectivity index (χ3n) is 6.57. The lowest BCUT2D eigenvalue weighted by Gasteiger charge is -2.19. The van der Waals surface area contributed by atoms with Gasteiger partial charge in [0.25, 0.3) is 11.8 Å². The highest BCUT2D eigenvalue weighted by atomic mass is 16.2. The van der Waals surface area contributed by atoms with Gasteiger partial charge in [-0.3, -0.25) is 9.59 Å². The van der Waals surface area contributed by atoms with E-state index >= 15 is 0 Å². The van der Waals surface area contributed by atoms with Crippen LogP contribution in [0.3, 0.4) is 0 Å². The van der Waals surface area contributed by atoms with Crippen molar-refractivity contribution in [2.24, 2.45) is 0 Å². The fourth-order valence-corrected chi connectivity index (χ4v) is 4.43. The summed E-state index contributed by atoms with van der Waals surface area (Å²) in [6.45, 7) is 14.7. The predicted octanol–water partition coefficient (Wildman–Crippen LogP) is 7.12. The van der Waals surface area contributed by atoms with Crippen LogP contribution in [0.5, 0.6) is 0 Å². The van der Waals surface area contributed by atoms with Gasteiger partial charge < -0.3 is 5.32 Å². The van der Waals surface area contributed by atoms with Crippen LogP contribution >= 0.6 is 0 Å². The molecule has 180 valence electrons. The third kappa shape index (κ3) is 4.79. The summed E-state index contributed by atoms with van der Waals surface area (Å²) in [5.41, 5.74) is 7.28. The molecule has 3 aromatic carbocycles. The lowest BCUT2D eigenvalue weighted by molar-refractivity contribution is -0.120. The van der Waals surface area contributed by atoms with Crippen molar-refractivity contribution in [3.63, 3.8) is 0 Å². The molecule has 35 heavy (non-hydrogen) atoms. The molecule has 1 N–H and O–H groups in total. The first-order valence-corrected chi connectivity index (χ1v) is 12.2. The summed E-state index contributed by atoms with van der Waals surface area (Å²) < 4.78 is 0. The average molecular weight is 467 g/mol. The molecule has 4 nitrogen and oxygen atoms in total. The number of nitrogens with zero attached hydrogens (tertiary/aromatic N) is 1. The van der Waals surface area contributed by atoms with Crippen LogP contribution in [0.1, 0.15) is 68.4 Å². The minimum absolute atomic E-state index is 0.0278. The van der Waals surface area contributed by atoms with Gasteiger partial charge in [-0.2, -0.15) is 0 Å². The number of nitrogens with one attached hydrogen (secondary N) is 1. The average Bonchev–Trinajstić information content (AvgIpc) is 3.03. The lowest BCUT2D eigenvalue weighted by Crippen LogP contribution is -2.32. The highest BCUT2D eigenvalue weighted by molar-refractivity contribution is 6.46. The minimum atomic E-state index is -0.345. The van der Waals surface area contributed by atoms with Crippen molar-refractivity contribution in [3.05, 3.63) is 100 Å². The largest absolute Gasteiger partial charge is 0.350 e. The van der Waals surface area contributed by atoms with Gasteiger partial charge in [-0.05, 0) is 71.7 Å². The first-order chi connectivity index (χ1) is 16.5. The quantitative estimate of drug-likeness (QED) is 0.407. The summed E-state index contributed by atoms with van der Waals surface area (Å²) in [5, 5.41) is 3.29. The first-order valence-electron chi connectivity index (χ1n) is 12.2. The van der Waals surface area contributed by atoms with Gasteiger partial charge in [0.05, 0.1) is 11.3 Å². The second kappa shape index (κ2) is 9.18. The summed E-state index contributed by atoms with van der Waals surface area (Å²) in [7, 11) is 0. The van der Waals surface area contributed by atoms with E-state index in [4.69, 9.17) is 0 Å². The van der Waals surface area contributed by atoms with Crippen LogP contribution in [0, 0.1) is 13.8 Å². The maximum Gasteiger partial charge on any atom is 0.282 e. The zero-order valence-electron chi connectivity index (χ0n) is 21.7. The summed E-state index contributed by atoms with van der Waals surface area (Å²) in [5.74, 6) is -0.290. The molecule has 4 rings (SSSR count). The van der Waals surface area contributed by atoms with Crippen molar-refractivity contribution in [1.29, 1.82) is 0 Å². The van der Waals surface area contributed by atoms with Gasteiger partial charge in [-0.15, -0.1) is 0 Å². The van der Waals surface area contributed by atoms with Crippen molar-refractivity contribution in [3.8, 4) is 0 Å². The van der Waals surface area contributed by atoms with Gasteiger partial charge in [0.15, 0.2) is 0 Å². The Morgan fingerprint density at radius 1 is 0.800 bits per heavy atom. The lowest BCUT2D eigenvalue weighted by atomic mass is 9.87. The molecule has 0 radical (unpaired) electrons. The standard InChI is InChI=1S/C31H34N2O2/c1-19(2)22-9-15-25(16-10-22)33-29(34)27(26-17-8-20(3)18-21(26)4)28(30(33)35)32-24-13-11-23(12-14-24)31(5,6)7/h8-19,32H,1-7H3. The number of amides is 2. The minimum Gasteiger partial charge on any atom is -0.350 e. The fourth-order valence-electron chi connectivity index (χ4n) is 4.43. The summed E-state index contributed by atoms with van der Waals surface area (Å²) in [6, 6.07) is 21.7. The molecule has 0 aliphatic carbocycles. The van der Waals surface area contributed by atoms with Crippen LogP contribution < -0.4 is 10.2 Å². The predicted molar refractivity (Wildman–Crippen MR) is 145 cm³/mol. The Kier molecular flexibility index (Phi) is 6.42. The Bertz CT molecular complexity index is 1310. The van der Waals surface area contributed by atoms with E-state index in [1.165, 1.54) is 10.5 Å². The Labute approximate surface area is 208 Å². The third-order valence-corrected chi connectivity index (χ3v) is 6.57.